The fourth-order valence-electron chi connectivity index (χ4n) is 2.47. The molecule has 1 N–H and O–H groups in total. The lowest BCUT2D eigenvalue weighted by molar-refractivity contribution is 0.0392. The molecule has 0 aliphatic carbocycles. The summed E-state index contributed by atoms with van der Waals surface area (Å²) < 4.78 is 6.01. The molecule has 0 unspecified atom stereocenters. The van der Waals surface area contributed by atoms with Gasteiger partial charge in [-0.1, -0.05) is 12.1 Å². The molecule has 0 spiro atoms. The Balaban J connectivity index is 1.78. The Labute approximate surface area is 96.4 Å². The van der Waals surface area contributed by atoms with E-state index in [9.17, 15) is 0 Å². The number of rotatable bonds is 2. The summed E-state index contributed by atoms with van der Waals surface area (Å²) in [6.07, 6.45) is 2.77. The Bertz CT molecular complexity index is 386. The van der Waals surface area contributed by atoms with Crippen molar-refractivity contribution in [1.82, 2.24) is 4.90 Å². The summed E-state index contributed by atoms with van der Waals surface area (Å²) in [5, 5.41) is 3.46. The van der Waals surface area contributed by atoms with E-state index in [1.165, 1.54) is 24.1 Å². The van der Waals surface area contributed by atoms with Gasteiger partial charge in [0.2, 0.25) is 0 Å². The van der Waals surface area contributed by atoms with Crippen molar-refractivity contribution in [3.63, 3.8) is 0 Å². The third-order valence-corrected chi connectivity index (χ3v) is 3.36. The predicted octanol–water partition coefficient (Wildman–Crippen LogP) is 1.74. The van der Waals surface area contributed by atoms with Gasteiger partial charge < -0.3 is 10.1 Å². The van der Waals surface area contributed by atoms with Crippen LogP contribution in [0, 0.1) is 0 Å². The van der Waals surface area contributed by atoms with E-state index in [2.05, 4.69) is 35.5 Å². The second-order valence-electron chi connectivity index (χ2n) is 4.78. The molecule has 0 bridgehead atoms. The van der Waals surface area contributed by atoms with Crippen molar-refractivity contribution >= 4 is 5.69 Å². The SMILES string of the molecule is CN1CC(Oc2cccc3c2NCCC3)C1. The molecule has 0 atom stereocenters. The van der Waals surface area contributed by atoms with Crippen LogP contribution in [0.5, 0.6) is 5.75 Å². The Hall–Kier alpha value is -1.22. The van der Waals surface area contributed by atoms with E-state index in [0.717, 1.165) is 25.4 Å². The molecule has 0 saturated carbocycles. The fourth-order valence-corrected chi connectivity index (χ4v) is 2.47. The zero-order valence-electron chi connectivity index (χ0n) is 9.70. The number of hydrogen-bond acceptors (Lipinski definition) is 3. The smallest absolute Gasteiger partial charge is 0.143 e. The molecule has 16 heavy (non-hydrogen) atoms. The van der Waals surface area contributed by atoms with E-state index in [-0.39, 0.29) is 0 Å². The van der Waals surface area contributed by atoms with Crippen LogP contribution in [0.15, 0.2) is 18.2 Å². The molecular formula is C13H18N2O. The van der Waals surface area contributed by atoms with Gasteiger partial charge in [0.1, 0.15) is 11.9 Å². The largest absolute Gasteiger partial charge is 0.486 e. The van der Waals surface area contributed by atoms with Crippen LogP contribution in [0.2, 0.25) is 0 Å². The van der Waals surface area contributed by atoms with Gasteiger partial charge in [-0.15, -0.1) is 0 Å². The van der Waals surface area contributed by atoms with Gasteiger partial charge in [0.25, 0.3) is 0 Å². The van der Waals surface area contributed by atoms with E-state index < -0.39 is 0 Å². The van der Waals surface area contributed by atoms with Crippen molar-refractivity contribution in [2.24, 2.45) is 0 Å². The third kappa shape index (κ3) is 1.76. The van der Waals surface area contributed by atoms with Crippen molar-refractivity contribution in [1.29, 1.82) is 0 Å². The van der Waals surface area contributed by atoms with Crippen molar-refractivity contribution in [3.8, 4) is 5.75 Å². The maximum absolute atomic E-state index is 6.01. The van der Waals surface area contributed by atoms with E-state index in [1.54, 1.807) is 0 Å². The van der Waals surface area contributed by atoms with E-state index in [0.29, 0.717) is 6.10 Å². The van der Waals surface area contributed by atoms with Crippen LogP contribution in [-0.4, -0.2) is 37.7 Å². The molecule has 2 heterocycles. The summed E-state index contributed by atoms with van der Waals surface area (Å²) in [5.74, 6) is 1.04. The van der Waals surface area contributed by atoms with Gasteiger partial charge in [-0.2, -0.15) is 0 Å². The minimum Gasteiger partial charge on any atom is -0.486 e. The van der Waals surface area contributed by atoms with Gasteiger partial charge in [-0.05, 0) is 31.5 Å². The molecular weight excluding hydrogens is 200 g/mol. The lowest BCUT2D eigenvalue weighted by atomic mass is 10.0. The van der Waals surface area contributed by atoms with Gasteiger partial charge in [0.15, 0.2) is 0 Å². The number of fused-ring (bicyclic) bond motifs is 1. The number of nitrogens with zero attached hydrogens (tertiary/aromatic N) is 1. The number of aryl methyl sites for hydroxylation is 1. The first kappa shape index (κ1) is 9.97. The summed E-state index contributed by atoms with van der Waals surface area (Å²) >= 11 is 0. The summed E-state index contributed by atoms with van der Waals surface area (Å²) in [4.78, 5) is 2.27. The van der Waals surface area contributed by atoms with Crippen molar-refractivity contribution < 1.29 is 4.74 Å². The maximum atomic E-state index is 6.01. The number of likely N-dealkylation sites (N-methyl/N-ethyl adjacent to an activating group) is 1. The van der Waals surface area contributed by atoms with Gasteiger partial charge in [-0.3, -0.25) is 4.90 Å². The number of hydrogen-bond donors (Lipinski definition) is 1. The van der Waals surface area contributed by atoms with E-state index >= 15 is 0 Å². The van der Waals surface area contributed by atoms with Crippen molar-refractivity contribution in [2.45, 2.75) is 18.9 Å². The van der Waals surface area contributed by atoms with Gasteiger partial charge in [0.05, 0.1) is 5.69 Å². The molecule has 2 aliphatic rings. The molecule has 1 aromatic carbocycles. The predicted molar refractivity (Wildman–Crippen MR) is 65.2 cm³/mol. The average molecular weight is 218 g/mol. The molecule has 0 amide bonds. The standard InChI is InChI=1S/C13H18N2O/c1-15-8-11(9-15)16-12-6-2-4-10-5-3-7-14-13(10)12/h2,4,6,11,14H,3,5,7-9H2,1H3. The highest BCUT2D eigenvalue weighted by Crippen LogP contribution is 2.33. The molecule has 1 saturated heterocycles. The first-order chi connectivity index (χ1) is 7.83. The lowest BCUT2D eigenvalue weighted by Crippen LogP contribution is -2.51. The van der Waals surface area contributed by atoms with Crippen LogP contribution in [0.1, 0.15) is 12.0 Å². The molecule has 2 aliphatic heterocycles. The number of para-hydroxylation sites is 1. The molecule has 86 valence electrons. The molecule has 3 rings (SSSR count). The first-order valence-electron chi connectivity index (χ1n) is 6.04. The summed E-state index contributed by atoms with van der Waals surface area (Å²) in [5.41, 5.74) is 2.62. The number of benzene rings is 1. The summed E-state index contributed by atoms with van der Waals surface area (Å²) in [7, 11) is 2.12. The monoisotopic (exact) mass is 218 g/mol. The highest BCUT2D eigenvalue weighted by Gasteiger charge is 2.26. The molecule has 0 radical (unpaired) electrons. The second kappa shape index (κ2) is 3.98. The van der Waals surface area contributed by atoms with Gasteiger partial charge in [-0.25, -0.2) is 0 Å². The lowest BCUT2D eigenvalue weighted by Gasteiger charge is -2.36. The molecule has 3 nitrogen and oxygen atoms in total. The molecule has 0 aromatic heterocycles. The minimum atomic E-state index is 0.375. The number of likely N-dealkylation sites (tertiary alicyclic amines) is 1. The van der Waals surface area contributed by atoms with Crippen LogP contribution >= 0.6 is 0 Å². The molecule has 3 heteroatoms. The highest BCUT2D eigenvalue weighted by atomic mass is 16.5. The highest BCUT2D eigenvalue weighted by molar-refractivity contribution is 5.63. The van der Waals surface area contributed by atoms with Crippen LogP contribution in [-0.2, 0) is 6.42 Å². The average Bonchev–Trinajstić information content (AvgIpc) is 2.27. The Morgan fingerprint density at radius 2 is 2.25 bits per heavy atom. The molecule has 1 fully saturated rings. The molecule has 1 aromatic rings. The summed E-state index contributed by atoms with van der Waals surface area (Å²) in [6.45, 7) is 3.16. The van der Waals surface area contributed by atoms with E-state index in [1.807, 2.05) is 0 Å². The minimum absolute atomic E-state index is 0.375. The van der Waals surface area contributed by atoms with Gasteiger partial charge >= 0.3 is 0 Å². The van der Waals surface area contributed by atoms with Crippen molar-refractivity contribution in [2.75, 3.05) is 32.0 Å². The van der Waals surface area contributed by atoms with Crippen LogP contribution < -0.4 is 10.1 Å². The zero-order valence-corrected chi connectivity index (χ0v) is 9.70. The zero-order chi connectivity index (χ0) is 11.0. The van der Waals surface area contributed by atoms with Crippen LogP contribution in [0.25, 0.3) is 0 Å². The fraction of sp³-hybridized carbons (Fsp3) is 0.538. The number of ether oxygens (including phenoxy) is 1. The Morgan fingerprint density at radius 1 is 1.38 bits per heavy atom. The summed E-state index contributed by atoms with van der Waals surface area (Å²) in [6, 6.07) is 6.38. The van der Waals surface area contributed by atoms with Crippen LogP contribution in [0.3, 0.4) is 0 Å². The van der Waals surface area contributed by atoms with Crippen LogP contribution in [0.4, 0.5) is 5.69 Å². The number of nitrogens with one attached hydrogen (secondary N) is 1. The third-order valence-electron chi connectivity index (χ3n) is 3.36. The Kier molecular flexibility index (Phi) is 2.48. The normalized spacial score (nSPS) is 20.8. The van der Waals surface area contributed by atoms with E-state index in [4.69, 9.17) is 4.74 Å². The van der Waals surface area contributed by atoms with Crippen molar-refractivity contribution in [3.05, 3.63) is 23.8 Å². The quantitative estimate of drug-likeness (QED) is 0.818. The van der Waals surface area contributed by atoms with Gasteiger partial charge in [0, 0.05) is 19.6 Å². The first-order valence-corrected chi connectivity index (χ1v) is 6.04. The maximum Gasteiger partial charge on any atom is 0.143 e. The second-order valence-corrected chi connectivity index (χ2v) is 4.78. The number of anilines is 1. The Morgan fingerprint density at radius 3 is 3.06 bits per heavy atom. The topological polar surface area (TPSA) is 24.5 Å².